The molecular weight excluding hydrogens is 244 g/mol. The molecule has 5 heteroatoms. The SMILES string of the molecule is CCN(C(=O)COCCOC)C1CC2CCC(C1)N2. The van der Waals surface area contributed by atoms with Gasteiger partial charge >= 0.3 is 0 Å². The standard InChI is InChI=1S/C14H26N2O3/c1-3-16(14(17)10-19-7-6-18-2)13-8-11-4-5-12(9-13)15-11/h11-13,15H,3-10H2,1-2H3. The van der Waals surface area contributed by atoms with Crippen LogP contribution in [0.5, 0.6) is 0 Å². The van der Waals surface area contributed by atoms with Crippen molar-refractivity contribution in [2.75, 3.05) is 33.5 Å². The Labute approximate surface area is 115 Å². The average molecular weight is 270 g/mol. The summed E-state index contributed by atoms with van der Waals surface area (Å²) >= 11 is 0. The number of hydrogen-bond acceptors (Lipinski definition) is 4. The molecule has 5 nitrogen and oxygen atoms in total. The van der Waals surface area contributed by atoms with Crippen LogP contribution in [0.15, 0.2) is 0 Å². The minimum Gasteiger partial charge on any atom is -0.382 e. The summed E-state index contributed by atoms with van der Waals surface area (Å²) in [5, 5.41) is 3.61. The molecule has 2 unspecified atom stereocenters. The lowest BCUT2D eigenvalue weighted by Gasteiger charge is -2.37. The van der Waals surface area contributed by atoms with E-state index in [0.717, 1.165) is 19.4 Å². The molecule has 2 aliphatic rings. The summed E-state index contributed by atoms with van der Waals surface area (Å²) in [5.41, 5.74) is 0. The van der Waals surface area contributed by atoms with Gasteiger partial charge in [0.2, 0.25) is 5.91 Å². The van der Waals surface area contributed by atoms with Gasteiger partial charge in [0, 0.05) is 31.8 Å². The second-order valence-electron chi connectivity index (χ2n) is 5.49. The highest BCUT2D eigenvalue weighted by atomic mass is 16.5. The van der Waals surface area contributed by atoms with Crippen LogP contribution in [0, 0.1) is 0 Å². The highest BCUT2D eigenvalue weighted by molar-refractivity contribution is 5.77. The highest BCUT2D eigenvalue weighted by Gasteiger charge is 2.36. The van der Waals surface area contributed by atoms with Crippen LogP contribution in [0.2, 0.25) is 0 Å². The smallest absolute Gasteiger partial charge is 0.248 e. The van der Waals surface area contributed by atoms with Gasteiger partial charge in [-0.15, -0.1) is 0 Å². The maximum Gasteiger partial charge on any atom is 0.248 e. The lowest BCUT2D eigenvalue weighted by Crippen LogP contribution is -2.51. The van der Waals surface area contributed by atoms with Crippen LogP contribution in [-0.4, -0.2) is 62.4 Å². The topological polar surface area (TPSA) is 50.8 Å². The molecule has 2 saturated heterocycles. The average Bonchev–Trinajstić information content (AvgIpc) is 2.75. The number of methoxy groups -OCH3 is 1. The molecule has 110 valence electrons. The van der Waals surface area contributed by atoms with Crippen molar-refractivity contribution in [3.63, 3.8) is 0 Å². The first-order valence-electron chi connectivity index (χ1n) is 7.36. The van der Waals surface area contributed by atoms with Gasteiger partial charge in [0.15, 0.2) is 0 Å². The van der Waals surface area contributed by atoms with E-state index in [1.54, 1.807) is 7.11 Å². The third-order valence-corrected chi connectivity index (χ3v) is 4.21. The van der Waals surface area contributed by atoms with E-state index < -0.39 is 0 Å². The van der Waals surface area contributed by atoms with Crippen LogP contribution >= 0.6 is 0 Å². The van der Waals surface area contributed by atoms with Gasteiger partial charge in [-0.2, -0.15) is 0 Å². The minimum absolute atomic E-state index is 0.116. The van der Waals surface area contributed by atoms with E-state index in [1.165, 1.54) is 12.8 Å². The lowest BCUT2D eigenvalue weighted by molar-refractivity contribution is -0.139. The number of piperidine rings is 1. The van der Waals surface area contributed by atoms with Crippen molar-refractivity contribution in [1.82, 2.24) is 10.2 Å². The van der Waals surface area contributed by atoms with Crippen molar-refractivity contribution in [2.24, 2.45) is 0 Å². The van der Waals surface area contributed by atoms with Crippen molar-refractivity contribution < 1.29 is 14.3 Å². The molecule has 0 aliphatic carbocycles. The molecule has 2 fully saturated rings. The van der Waals surface area contributed by atoms with Gasteiger partial charge in [-0.1, -0.05) is 0 Å². The minimum atomic E-state index is 0.116. The molecule has 2 aliphatic heterocycles. The van der Waals surface area contributed by atoms with Gasteiger partial charge in [-0.3, -0.25) is 4.79 Å². The van der Waals surface area contributed by atoms with Crippen LogP contribution in [0.4, 0.5) is 0 Å². The van der Waals surface area contributed by atoms with E-state index in [1.807, 2.05) is 4.90 Å². The van der Waals surface area contributed by atoms with Gasteiger partial charge in [-0.25, -0.2) is 0 Å². The molecular formula is C14H26N2O3. The Balaban J connectivity index is 1.80. The van der Waals surface area contributed by atoms with Crippen LogP contribution in [0.25, 0.3) is 0 Å². The fourth-order valence-corrected chi connectivity index (χ4v) is 3.30. The van der Waals surface area contributed by atoms with Crippen molar-refractivity contribution in [3.8, 4) is 0 Å². The summed E-state index contributed by atoms with van der Waals surface area (Å²) in [5.74, 6) is 0.116. The van der Waals surface area contributed by atoms with Gasteiger partial charge in [-0.05, 0) is 32.6 Å². The number of nitrogens with one attached hydrogen (secondary N) is 1. The maximum atomic E-state index is 12.2. The molecule has 2 heterocycles. The van der Waals surface area contributed by atoms with Crippen molar-refractivity contribution >= 4 is 5.91 Å². The van der Waals surface area contributed by atoms with E-state index in [9.17, 15) is 4.79 Å². The Morgan fingerprint density at radius 1 is 1.26 bits per heavy atom. The van der Waals surface area contributed by atoms with E-state index in [-0.39, 0.29) is 12.5 Å². The van der Waals surface area contributed by atoms with E-state index in [0.29, 0.717) is 31.3 Å². The monoisotopic (exact) mass is 270 g/mol. The highest BCUT2D eigenvalue weighted by Crippen LogP contribution is 2.29. The van der Waals surface area contributed by atoms with Crippen LogP contribution in [0.1, 0.15) is 32.6 Å². The second kappa shape index (κ2) is 7.22. The number of carbonyl (C=O) groups excluding carboxylic acids is 1. The summed E-state index contributed by atoms with van der Waals surface area (Å²) in [7, 11) is 1.63. The van der Waals surface area contributed by atoms with Gasteiger partial charge in [0.25, 0.3) is 0 Å². The molecule has 2 atom stereocenters. The zero-order valence-electron chi connectivity index (χ0n) is 12.1. The third-order valence-electron chi connectivity index (χ3n) is 4.21. The molecule has 0 aromatic rings. The van der Waals surface area contributed by atoms with Gasteiger partial charge in [0.1, 0.15) is 6.61 Å². The summed E-state index contributed by atoms with van der Waals surface area (Å²) < 4.78 is 10.3. The first-order valence-corrected chi connectivity index (χ1v) is 7.36. The number of carbonyl (C=O) groups is 1. The van der Waals surface area contributed by atoms with E-state index in [4.69, 9.17) is 9.47 Å². The summed E-state index contributed by atoms with van der Waals surface area (Å²) in [6, 6.07) is 1.61. The molecule has 0 spiro atoms. The Hall–Kier alpha value is -0.650. The summed E-state index contributed by atoms with van der Waals surface area (Å²) in [6.45, 7) is 4.03. The van der Waals surface area contributed by atoms with Gasteiger partial charge < -0.3 is 19.7 Å². The number of amides is 1. The predicted octanol–water partition coefficient (Wildman–Crippen LogP) is 0.781. The Morgan fingerprint density at radius 3 is 2.53 bits per heavy atom. The van der Waals surface area contributed by atoms with Crippen LogP contribution < -0.4 is 5.32 Å². The first-order chi connectivity index (χ1) is 9.24. The molecule has 0 aromatic heterocycles. The molecule has 0 radical (unpaired) electrons. The zero-order valence-corrected chi connectivity index (χ0v) is 12.1. The van der Waals surface area contributed by atoms with E-state index in [2.05, 4.69) is 12.2 Å². The number of nitrogens with zero attached hydrogens (tertiary/aromatic N) is 1. The second-order valence-corrected chi connectivity index (χ2v) is 5.49. The van der Waals surface area contributed by atoms with Crippen molar-refractivity contribution in [1.29, 1.82) is 0 Å². The fraction of sp³-hybridized carbons (Fsp3) is 0.929. The third kappa shape index (κ3) is 3.91. The number of rotatable bonds is 7. The number of ether oxygens (including phenoxy) is 2. The van der Waals surface area contributed by atoms with Gasteiger partial charge in [0.05, 0.1) is 13.2 Å². The molecule has 19 heavy (non-hydrogen) atoms. The lowest BCUT2D eigenvalue weighted by atomic mass is 9.98. The number of hydrogen-bond donors (Lipinski definition) is 1. The number of fused-ring (bicyclic) bond motifs is 2. The fourth-order valence-electron chi connectivity index (χ4n) is 3.30. The Bertz CT molecular complexity index is 286. The summed E-state index contributed by atoms with van der Waals surface area (Å²) in [6.07, 6.45) is 4.71. The quantitative estimate of drug-likeness (QED) is 0.695. The molecule has 0 saturated carbocycles. The van der Waals surface area contributed by atoms with E-state index >= 15 is 0 Å². The van der Waals surface area contributed by atoms with Crippen LogP contribution in [-0.2, 0) is 14.3 Å². The largest absolute Gasteiger partial charge is 0.382 e. The molecule has 0 aromatic carbocycles. The summed E-state index contributed by atoms with van der Waals surface area (Å²) in [4.78, 5) is 14.2. The van der Waals surface area contributed by atoms with Crippen molar-refractivity contribution in [2.45, 2.75) is 50.7 Å². The first kappa shape index (κ1) is 14.8. The molecule has 2 bridgehead atoms. The van der Waals surface area contributed by atoms with Crippen molar-refractivity contribution in [3.05, 3.63) is 0 Å². The predicted molar refractivity (Wildman–Crippen MR) is 73.0 cm³/mol. The molecule has 1 amide bonds. The Morgan fingerprint density at radius 2 is 1.95 bits per heavy atom. The molecule has 2 rings (SSSR count). The maximum absolute atomic E-state index is 12.2. The van der Waals surface area contributed by atoms with Crippen LogP contribution in [0.3, 0.4) is 0 Å². The molecule has 1 N–H and O–H groups in total. The Kier molecular flexibility index (Phi) is 5.60. The zero-order chi connectivity index (χ0) is 13.7. The normalized spacial score (nSPS) is 29.5. The number of likely N-dealkylation sites (N-methyl/N-ethyl adjacent to an activating group) is 1.